The smallest absolute Gasteiger partial charge is 0.357 e. The summed E-state index contributed by atoms with van der Waals surface area (Å²) < 4.78 is 27.8. The summed E-state index contributed by atoms with van der Waals surface area (Å²) in [5, 5.41) is 8.75. The number of sulfone groups is 1. The molecule has 0 radical (unpaired) electrons. The molecule has 6 nitrogen and oxygen atoms in total. The molecule has 1 aliphatic rings. The minimum Gasteiger partial charge on any atom is -0.476 e. The van der Waals surface area contributed by atoms with E-state index in [2.05, 4.69) is 4.98 Å². The number of carboxylic acids is 1. The Bertz CT molecular complexity index is 531. The average molecular weight is 259 g/mol. The molecule has 1 aliphatic heterocycles. The highest BCUT2D eigenvalue weighted by Crippen LogP contribution is 2.35. The number of hydrogen-bond acceptors (Lipinski definition) is 5. The second kappa shape index (κ2) is 3.83. The quantitative estimate of drug-likeness (QED) is 0.845. The Morgan fingerprint density at radius 3 is 2.53 bits per heavy atom. The molecular weight excluding hydrogens is 246 g/mol. The Labute approximate surface area is 98.6 Å². The molecule has 0 unspecified atom stereocenters. The van der Waals surface area contributed by atoms with Crippen LogP contribution in [0.25, 0.3) is 0 Å². The lowest BCUT2D eigenvalue weighted by Gasteiger charge is -2.29. The molecule has 1 fully saturated rings. The maximum atomic E-state index is 11.3. The molecule has 0 amide bonds. The summed E-state index contributed by atoms with van der Waals surface area (Å²) in [7, 11) is -2.96. The third-order valence-corrected chi connectivity index (χ3v) is 4.82. The van der Waals surface area contributed by atoms with Crippen LogP contribution in [-0.4, -0.2) is 36.0 Å². The van der Waals surface area contributed by atoms with Crippen molar-refractivity contribution in [2.75, 3.05) is 11.5 Å². The first-order valence-corrected chi connectivity index (χ1v) is 7.04. The van der Waals surface area contributed by atoms with Crippen LogP contribution in [0.15, 0.2) is 10.7 Å². The van der Waals surface area contributed by atoms with E-state index in [0.717, 1.165) is 6.26 Å². The molecule has 7 heteroatoms. The first-order valence-electron chi connectivity index (χ1n) is 5.22. The Morgan fingerprint density at radius 1 is 1.47 bits per heavy atom. The van der Waals surface area contributed by atoms with Crippen LogP contribution in [0.4, 0.5) is 0 Å². The molecule has 2 heterocycles. The van der Waals surface area contributed by atoms with Gasteiger partial charge < -0.3 is 9.52 Å². The number of nitrogens with zero attached hydrogens (tertiary/aromatic N) is 1. The van der Waals surface area contributed by atoms with Gasteiger partial charge >= 0.3 is 5.97 Å². The van der Waals surface area contributed by atoms with E-state index >= 15 is 0 Å². The number of rotatable bonds is 2. The van der Waals surface area contributed by atoms with Crippen molar-refractivity contribution in [3.05, 3.63) is 17.8 Å². The molecule has 0 aromatic carbocycles. The highest BCUT2D eigenvalue weighted by molar-refractivity contribution is 7.91. The van der Waals surface area contributed by atoms with Crippen LogP contribution in [0.1, 0.15) is 36.1 Å². The van der Waals surface area contributed by atoms with Crippen molar-refractivity contribution in [1.82, 2.24) is 4.98 Å². The van der Waals surface area contributed by atoms with E-state index in [9.17, 15) is 13.2 Å². The van der Waals surface area contributed by atoms with Gasteiger partial charge in [0.25, 0.3) is 0 Å². The molecule has 1 aromatic heterocycles. The van der Waals surface area contributed by atoms with Gasteiger partial charge in [0.15, 0.2) is 5.69 Å². The molecule has 0 atom stereocenters. The van der Waals surface area contributed by atoms with E-state index in [1.165, 1.54) is 0 Å². The van der Waals surface area contributed by atoms with Crippen molar-refractivity contribution in [3.8, 4) is 0 Å². The summed E-state index contributed by atoms with van der Waals surface area (Å²) in [5.74, 6) is -0.653. The van der Waals surface area contributed by atoms with Crippen molar-refractivity contribution in [2.45, 2.75) is 25.2 Å². The number of carboxylic acid groups (broad SMARTS) is 1. The summed E-state index contributed by atoms with van der Waals surface area (Å²) in [6.45, 7) is 1.85. The van der Waals surface area contributed by atoms with Gasteiger partial charge in [0.05, 0.1) is 11.5 Å². The highest BCUT2D eigenvalue weighted by Gasteiger charge is 2.38. The number of aromatic nitrogens is 1. The van der Waals surface area contributed by atoms with Crippen molar-refractivity contribution in [2.24, 2.45) is 0 Å². The zero-order chi connectivity index (χ0) is 12.7. The van der Waals surface area contributed by atoms with Crippen molar-refractivity contribution in [3.63, 3.8) is 0 Å². The normalized spacial score (nSPS) is 22.2. The molecule has 0 saturated carbocycles. The third kappa shape index (κ3) is 2.33. The molecule has 0 spiro atoms. The Morgan fingerprint density at radius 2 is 2.06 bits per heavy atom. The lowest BCUT2D eigenvalue weighted by atomic mass is 9.84. The van der Waals surface area contributed by atoms with Gasteiger partial charge in [-0.05, 0) is 12.8 Å². The van der Waals surface area contributed by atoms with Crippen LogP contribution in [-0.2, 0) is 15.3 Å². The monoisotopic (exact) mass is 259 g/mol. The fraction of sp³-hybridized carbons (Fsp3) is 0.600. The first-order chi connectivity index (χ1) is 7.82. The highest BCUT2D eigenvalue weighted by atomic mass is 32.2. The summed E-state index contributed by atoms with van der Waals surface area (Å²) in [5.41, 5.74) is -0.631. The number of carbonyl (C=O) groups is 1. The van der Waals surface area contributed by atoms with Gasteiger partial charge in [0.1, 0.15) is 16.1 Å². The summed E-state index contributed by atoms with van der Waals surface area (Å²) >= 11 is 0. The topological polar surface area (TPSA) is 97.5 Å². The van der Waals surface area contributed by atoms with Crippen LogP contribution in [0, 0.1) is 0 Å². The van der Waals surface area contributed by atoms with E-state index < -0.39 is 21.2 Å². The zero-order valence-electron chi connectivity index (χ0n) is 9.34. The van der Waals surface area contributed by atoms with E-state index in [-0.39, 0.29) is 17.2 Å². The number of hydrogen-bond donors (Lipinski definition) is 1. The second-order valence-electron chi connectivity index (χ2n) is 4.56. The molecule has 2 rings (SSSR count). The van der Waals surface area contributed by atoms with Crippen LogP contribution in [0.3, 0.4) is 0 Å². The minimum absolute atomic E-state index is 0.0916. The predicted molar refractivity (Wildman–Crippen MR) is 58.7 cm³/mol. The third-order valence-electron chi connectivity index (χ3n) is 3.17. The number of oxazole rings is 1. The van der Waals surface area contributed by atoms with Gasteiger partial charge in [0.2, 0.25) is 5.89 Å². The van der Waals surface area contributed by atoms with Crippen molar-refractivity contribution < 1.29 is 22.7 Å². The summed E-state index contributed by atoms with van der Waals surface area (Å²) in [4.78, 5) is 14.6. The molecule has 1 saturated heterocycles. The Kier molecular flexibility index (Phi) is 2.73. The molecular formula is C10H13NO5S. The molecule has 94 valence electrons. The molecule has 17 heavy (non-hydrogen) atoms. The second-order valence-corrected chi connectivity index (χ2v) is 6.86. The zero-order valence-corrected chi connectivity index (χ0v) is 10.2. The lowest BCUT2D eigenvalue weighted by molar-refractivity contribution is 0.0690. The van der Waals surface area contributed by atoms with Crippen LogP contribution in [0.5, 0.6) is 0 Å². The average Bonchev–Trinajstić information content (AvgIpc) is 2.73. The summed E-state index contributed by atoms with van der Waals surface area (Å²) in [6, 6.07) is 0. The van der Waals surface area contributed by atoms with Gasteiger partial charge in [-0.15, -0.1) is 0 Å². The standard InChI is InChI=1S/C10H13NO5S/c1-10(2-4-17(14,15)5-3-10)9-11-7(6-16-9)8(12)13/h6H,2-5H2,1H3,(H,12,13). The Balaban J connectivity index is 2.24. The Hall–Kier alpha value is -1.37. The van der Waals surface area contributed by atoms with Crippen LogP contribution < -0.4 is 0 Å². The maximum Gasteiger partial charge on any atom is 0.357 e. The van der Waals surface area contributed by atoms with Gasteiger partial charge in [-0.25, -0.2) is 18.2 Å². The van der Waals surface area contributed by atoms with Gasteiger partial charge in [0, 0.05) is 5.41 Å². The number of aromatic carboxylic acids is 1. The molecule has 1 aromatic rings. The van der Waals surface area contributed by atoms with E-state index in [1.54, 1.807) is 0 Å². The van der Waals surface area contributed by atoms with Crippen molar-refractivity contribution >= 4 is 15.8 Å². The maximum absolute atomic E-state index is 11.3. The van der Waals surface area contributed by atoms with Gasteiger partial charge in [-0.3, -0.25) is 0 Å². The summed E-state index contributed by atoms with van der Waals surface area (Å²) in [6.07, 6.45) is 1.91. The molecule has 1 N–H and O–H groups in total. The first kappa shape index (κ1) is 12.1. The molecule has 0 bridgehead atoms. The van der Waals surface area contributed by atoms with E-state index in [0.29, 0.717) is 18.7 Å². The van der Waals surface area contributed by atoms with E-state index in [1.807, 2.05) is 6.92 Å². The predicted octanol–water partition coefficient (Wildman–Crippen LogP) is 0.839. The molecule has 0 aliphatic carbocycles. The largest absolute Gasteiger partial charge is 0.476 e. The fourth-order valence-corrected chi connectivity index (χ4v) is 3.58. The van der Waals surface area contributed by atoms with Crippen LogP contribution >= 0.6 is 0 Å². The fourth-order valence-electron chi connectivity index (χ4n) is 1.85. The van der Waals surface area contributed by atoms with Gasteiger partial charge in [-0.2, -0.15) is 0 Å². The van der Waals surface area contributed by atoms with Crippen molar-refractivity contribution in [1.29, 1.82) is 0 Å². The minimum atomic E-state index is -2.96. The van der Waals surface area contributed by atoms with Gasteiger partial charge in [-0.1, -0.05) is 6.92 Å². The lowest BCUT2D eigenvalue weighted by Crippen LogP contribution is -2.34. The SMILES string of the molecule is CC1(c2nc(C(=O)O)co2)CCS(=O)(=O)CC1. The van der Waals surface area contributed by atoms with Crippen LogP contribution in [0.2, 0.25) is 0 Å². The van der Waals surface area contributed by atoms with E-state index in [4.69, 9.17) is 9.52 Å².